The van der Waals surface area contributed by atoms with E-state index in [-0.39, 0.29) is 6.42 Å². The third-order valence-electron chi connectivity index (χ3n) is 1.48. The molecule has 5 nitrogen and oxygen atoms in total. The van der Waals surface area contributed by atoms with Crippen molar-refractivity contribution in [3.8, 4) is 0 Å². The molecule has 1 heterocycles. The van der Waals surface area contributed by atoms with Gasteiger partial charge in [-0.15, -0.1) is 0 Å². The van der Waals surface area contributed by atoms with Crippen molar-refractivity contribution >= 4 is 27.8 Å². The van der Waals surface area contributed by atoms with E-state index >= 15 is 0 Å². The molecule has 1 atom stereocenters. The molecule has 0 aliphatic carbocycles. The molecule has 1 aliphatic rings. The van der Waals surface area contributed by atoms with Gasteiger partial charge in [0, 0.05) is 6.42 Å². The van der Waals surface area contributed by atoms with E-state index in [2.05, 4.69) is 0 Å². The van der Waals surface area contributed by atoms with E-state index in [1.165, 1.54) is 11.5 Å². The number of carboxylic acid groups (broad SMARTS) is 1. The van der Waals surface area contributed by atoms with E-state index in [0.717, 1.165) is 0 Å². The monoisotopic (exact) mass is 210 g/mol. The molecule has 0 saturated carbocycles. The molecular formula is C5H6O5S2. The van der Waals surface area contributed by atoms with Gasteiger partial charge in [0.05, 0.1) is 0 Å². The Morgan fingerprint density at radius 1 is 1.58 bits per heavy atom. The molecule has 1 aliphatic heterocycles. The summed E-state index contributed by atoms with van der Waals surface area (Å²) in [6.07, 6.45) is 1.19. The van der Waals surface area contributed by atoms with Crippen molar-refractivity contribution in [3.05, 3.63) is 11.5 Å². The van der Waals surface area contributed by atoms with Crippen molar-refractivity contribution < 1.29 is 22.9 Å². The Hall–Kier alpha value is -0.530. The fraction of sp³-hybridized carbons (Fsp3) is 0.400. The first-order chi connectivity index (χ1) is 5.40. The predicted molar refractivity (Wildman–Crippen MR) is 43.3 cm³/mol. The number of thioether (sulfide) groups is 1. The van der Waals surface area contributed by atoms with E-state index in [0.29, 0.717) is 11.8 Å². The van der Waals surface area contributed by atoms with Gasteiger partial charge in [0.15, 0.2) is 0 Å². The number of carboxylic acids is 1. The molecule has 1 unspecified atom stereocenters. The third-order valence-corrected chi connectivity index (χ3v) is 4.63. The van der Waals surface area contributed by atoms with Crippen molar-refractivity contribution in [3.63, 3.8) is 0 Å². The van der Waals surface area contributed by atoms with E-state index < -0.39 is 20.2 Å². The number of hydrogen-bond acceptors (Lipinski definition) is 4. The SMILES string of the molecule is O=C(O)C1(S(=O)(=O)O)CC=CS1. The highest BCUT2D eigenvalue weighted by atomic mass is 32.3. The van der Waals surface area contributed by atoms with Crippen molar-refractivity contribution in [2.45, 2.75) is 10.5 Å². The number of allylic oxidation sites excluding steroid dienone is 1. The standard InChI is InChI=1S/C5H6O5S2/c6-4(7)5(12(8,9)10)2-1-3-11-5/h1,3H,2H2,(H,6,7)(H,8,9,10). The number of aliphatic carboxylic acids is 1. The van der Waals surface area contributed by atoms with Crippen molar-refractivity contribution in [2.24, 2.45) is 0 Å². The largest absolute Gasteiger partial charge is 0.479 e. The zero-order valence-corrected chi connectivity index (χ0v) is 7.43. The van der Waals surface area contributed by atoms with Gasteiger partial charge in [-0.05, 0) is 5.41 Å². The number of rotatable bonds is 2. The molecule has 0 spiro atoms. The van der Waals surface area contributed by atoms with Crippen LogP contribution in [0.3, 0.4) is 0 Å². The highest BCUT2D eigenvalue weighted by Crippen LogP contribution is 2.40. The molecule has 0 saturated heterocycles. The van der Waals surface area contributed by atoms with Crippen LogP contribution in [0, 0.1) is 0 Å². The lowest BCUT2D eigenvalue weighted by atomic mass is 10.3. The van der Waals surface area contributed by atoms with Crippen LogP contribution in [0.4, 0.5) is 0 Å². The first kappa shape index (κ1) is 9.56. The van der Waals surface area contributed by atoms with Crippen molar-refractivity contribution in [2.75, 3.05) is 0 Å². The van der Waals surface area contributed by atoms with Gasteiger partial charge in [0.25, 0.3) is 10.1 Å². The minimum Gasteiger partial charge on any atom is -0.479 e. The average molecular weight is 210 g/mol. The molecule has 1 rings (SSSR count). The van der Waals surface area contributed by atoms with E-state index in [4.69, 9.17) is 9.66 Å². The summed E-state index contributed by atoms with van der Waals surface area (Å²) < 4.78 is 28.0. The summed E-state index contributed by atoms with van der Waals surface area (Å²) in [5.74, 6) is -1.54. The Kier molecular flexibility index (Phi) is 2.19. The molecule has 68 valence electrons. The van der Waals surface area contributed by atoms with Crippen LogP contribution in [-0.2, 0) is 14.9 Å². The fourth-order valence-corrected chi connectivity index (χ4v) is 2.71. The van der Waals surface area contributed by atoms with Gasteiger partial charge >= 0.3 is 5.97 Å². The topological polar surface area (TPSA) is 91.7 Å². The molecule has 0 amide bonds. The van der Waals surface area contributed by atoms with Crippen LogP contribution in [0.25, 0.3) is 0 Å². The second kappa shape index (κ2) is 2.75. The molecule has 0 aromatic rings. The summed E-state index contributed by atoms with van der Waals surface area (Å²) in [5, 5.41) is 9.95. The lowest BCUT2D eigenvalue weighted by Gasteiger charge is -2.18. The first-order valence-electron chi connectivity index (χ1n) is 2.93. The summed E-state index contributed by atoms with van der Waals surface area (Å²) in [4.78, 5) is 10.6. The van der Waals surface area contributed by atoms with Crippen LogP contribution in [0.15, 0.2) is 11.5 Å². The van der Waals surface area contributed by atoms with E-state index in [9.17, 15) is 13.2 Å². The lowest BCUT2D eigenvalue weighted by Crippen LogP contribution is -2.40. The van der Waals surface area contributed by atoms with Gasteiger partial charge in [-0.2, -0.15) is 8.42 Å². The minimum absolute atomic E-state index is 0.203. The molecule has 7 heteroatoms. The Morgan fingerprint density at radius 3 is 2.33 bits per heavy atom. The maximum atomic E-state index is 10.7. The molecule has 0 radical (unpaired) electrons. The molecule has 12 heavy (non-hydrogen) atoms. The molecule has 2 N–H and O–H groups in total. The second-order valence-electron chi connectivity index (χ2n) is 2.23. The summed E-state index contributed by atoms with van der Waals surface area (Å²) in [6, 6.07) is 0. The maximum Gasteiger partial charge on any atom is 0.338 e. The van der Waals surface area contributed by atoms with Gasteiger partial charge in [-0.3, -0.25) is 4.55 Å². The zero-order valence-electron chi connectivity index (χ0n) is 5.80. The molecule has 0 aromatic carbocycles. The highest BCUT2D eigenvalue weighted by Gasteiger charge is 2.52. The third kappa shape index (κ3) is 1.23. The van der Waals surface area contributed by atoms with Crippen LogP contribution in [0.2, 0.25) is 0 Å². The molecular weight excluding hydrogens is 204 g/mol. The number of hydrogen-bond donors (Lipinski definition) is 2. The molecule has 0 fully saturated rings. The van der Waals surface area contributed by atoms with Crippen molar-refractivity contribution in [1.29, 1.82) is 0 Å². The summed E-state index contributed by atoms with van der Waals surface area (Å²) in [6.45, 7) is 0. The van der Waals surface area contributed by atoms with Gasteiger partial charge in [0.1, 0.15) is 0 Å². The fourth-order valence-electron chi connectivity index (χ4n) is 0.824. The first-order valence-corrected chi connectivity index (χ1v) is 5.25. The predicted octanol–water partition coefficient (Wildman–Crippen LogP) is 0.306. The van der Waals surface area contributed by atoms with E-state index in [1.807, 2.05) is 0 Å². The van der Waals surface area contributed by atoms with Crippen LogP contribution in [-0.4, -0.2) is 28.1 Å². The van der Waals surface area contributed by atoms with Gasteiger partial charge in [-0.25, -0.2) is 4.79 Å². The molecule has 0 bridgehead atoms. The maximum absolute atomic E-state index is 10.7. The summed E-state index contributed by atoms with van der Waals surface area (Å²) >= 11 is 0.587. The Balaban J connectivity index is 3.15. The van der Waals surface area contributed by atoms with Gasteiger partial charge < -0.3 is 5.11 Å². The average Bonchev–Trinajstić information content (AvgIpc) is 2.31. The van der Waals surface area contributed by atoms with Crippen LogP contribution < -0.4 is 0 Å². The minimum atomic E-state index is -4.56. The summed E-state index contributed by atoms with van der Waals surface area (Å²) in [7, 11) is -4.56. The van der Waals surface area contributed by atoms with Crippen LogP contribution >= 0.6 is 11.8 Å². The Morgan fingerprint density at radius 2 is 2.17 bits per heavy atom. The normalized spacial score (nSPS) is 29.1. The van der Waals surface area contributed by atoms with Crippen LogP contribution in [0.1, 0.15) is 6.42 Å². The quantitative estimate of drug-likeness (QED) is 0.637. The summed E-state index contributed by atoms with van der Waals surface area (Å²) in [5.41, 5.74) is 0. The Labute approximate surface area is 73.2 Å². The van der Waals surface area contributed by atoms with E-state index in [1.54, 1.807) is 0 Å². The highest BCUT2D eigenvalue weighted by molar-refractivity contribution is 8.16. The van der Waals surface area contributed by atoms with Gasteiger partial charge in [0.2, 0.25) is 4.08 Å². The lowest BCUT2D eigenvalue weighted by molar-refractivity contribution is -0.137. The second-order valence-corrected chi connectivity index (χ2v) is 5.34. The Bertz CT molecular complexity index is 320. The van der Waals surface area contributed by atoms with Crippen LogP contribution in [0.5, 0.6) is 0 Å². The number of carbonyl (C=O) groups is 1. The molecule has 0 aromatic heterocycles. The zero-order chi connectivity index (χ0) is 9.41. The van der Waals surface area contributed by atoms with Crippen molar-refractivity contribution in [1.82, 2.24) is 0 Å². The van der Waals surface area contributed by atoms with Gasteiger partial charge in [-0.1, -0.05) is 17.8 Å². The smallest absolute Gasteiger partial charge is 0.338 e.